The number of aromatic amines is 1. The molecule has 1 fully saturated rings. The molecule has 4 rings (SSSR count). The highest BCUT2D eigenvalue weighted by Gasteiger charge is 2.46. The molecule has 124 valence electrons. The Bertz CT molecular complexity index is 876. The SMILES string of the molecule is CC(C)=C[C@H]1c2[nH]c3ccccc3c2C[C@H]2C(=O)N[C@H](C)C(=O)N21. The number of rotatable bonds is 1. The van der Waals surface area contributed by atoms with Gasteiger partial charge in [-0.15, -0.1) is 0 Å². The third kappa shape index (κ3) is 2.08. The van der Waals surface area contributed by atoms with Gasteiger partial charge in [0.1, 0.15) is 12.1 Å². The van der Waals surface area contributed by atoms with Crippen LogP contribution < -0.4 is 5.32 Å². The first-order valence-corrected chi connectivity index (χ1v) is 8.34. The molecule has 1 aromatic carbocycles. The number of carbonyl (C=O) groups is 2. The summed E-state index contributed by atoms with van der Waals surface area (Å²) in [5, 5.41) is 3.95. The van der Waals surface area contributed by atoms with Crippen molar-refractivity contribution in [2.75, 3.05) is 0 Å². The number of benzene rings is 1. The number of fused-ring (bicyclic) bond motifs is 4. The summed E-state index contributed by atoms with van der Waals surface area (Å²) in [7, 11) is 0. The van der Waals surface area contributed by atoms with E-state index in [-0.39, 0.29) is 17.9 Å². The van der Waals surface area contributed by atoms with E-state index in [2.05, 4.69) is 22.4 Å². The third-order valence-corrected chi connectivity index (χ3v) is 4.95. The first-order chi connectivity index (χ1) is 11.5. The van der Waals surface area contributed by atoms with Crippen LogP contribution >= 0.6 is 0 Å². The Labute approximate surface area is 140 Å². The van der Waals surface area contributed by atoms with E-state index in [1.165, 1.54) is 0 Å². The molecule has 1 aromatic heterocycles. The Morgan fingerprint density at radius 2 is 2.00 bits per heavy atom. The van der Waals surface area contributed by atoms with Crippen molar-refractivity contribution < 1.29 is 9.59 Å². The highest BCUT2D eigenvalue weighted by Crippen LogP contribution is 2.39. The van der Waals surface area contributed by atoms with Gasteiger partial charge in [0.05, 0.1) is 6.04 Å². The minimum atomic E-state index is -0.479. The van der Waals surface area contributed by atoms with Gasteiger partial charge in [-0.1, -0.05) is 29.8 Å². The van der Waals surface area contributed by atoms with Gasteiger partial charge in [-0.3, -0.25) is 9.59 Å². The normalized spacial score (nSPS) is 26.0. The van der Waals surface area contributed by atoms with Gasteiger partial charge in [0.2, 0.25) is 11.8 Å². The first-order valence-electron chi connectivity index (χ1n) is 8.34. The van der Waals surface area contributed by atoms with E-state index in [9.17, 15) is 9.59 Å². The summed E-state index contributed by atoms with van der Waals surface area (Å²) in [6.07, 6.45) is 2.63. The number of nitrogens with one attached hydrogen (secondary N) is 2. The van der Waals surface area contributed by atoms with Crippen LogP contribution in [-0.4, -0.2) is 33.8 Å². The molecule has 0 aliphatic carbocycles. The summed E-state index contributed by atoms with van der Waals surface area (Å²) in [5.74, 6) is -0.0865. The predicted molar refractivity (Wildman–Crippen MR) is 92.4 cm³/mol. The number of aromatic nitrogens is 1. The second-order valence-corrected chi connectivity index (χ2v) is 6.95. The zero-order valence-electron chi connectivity index (χ0n) is 14.1. The monoisotopic (exact) mass is 323 g/mol. The van der Waals surface area contributed by atoms with E-state index in [4.69, 9.17) is 0 Å². The topological polar surface area (TPSA) is 65.2 Å². The van der Waals surface area contributed by atoms with Gasteiger partial charge >= 0.3 is 0 Å². The molecule has 3 heterocycles. The van der Waals surface area contributed by atoms with Gasteiger partial charge in [0.25, 0.3) is 0 Å². The van der Waals surface area contributed by atoms with Crippen LogP contribution in [0.2, 0.25) is 0 Å². The van der Waals surface area contributed by atoms with Gasteiger partial charge in [-0.05, 0) is 32.4 Å². The Morgan fingerprint density at radius 3 is 2.75 bits per heavy atom. The lowest BCUT2D eigenvalue weighted by Crippen LogP contribution is -2.64. The van der Waals surface area contributed by atoms with Crippen LogP contribution in [0.5, 0.6) is 0 Å². The molecular weight excluding hydrogens is 302 g/mol. The van der Waals surface area contributed by atoms with E-state index in [1.54, 1.807) is 11.8 Å². The third-order valence-electron chi connectivity index (χ3n) is 4.95. The quantitative estimate of drug-likeness (QED) is 0.792. The maximum atomic E-state index is 12.8. The minimum absolute atomic E-state index is 0.0218. The van der Waals surface area contributed by atoms with Crippen molar-refractivity contribution in [3.8, 4) is 0 Å². The zero-order valence-corrected chi connectivity index (χ0v) is 14.1. The molecular formula is C19H21N3O2. The lowest BCUT2D eigenvalue weighted by Gasteiger charge is -2.45. The lowest BCUT2D eigenvalue weighted by molar-refractivity contribution is -0.151. The number of nitrogens with zero attached hydrogens (tertiary/aromatic N) is 1. The second kappa shape index (κ2) is 5.23. The highest BCUT2D eigenvalue weighted by atomic mass is 16.2. The van der Waals surface area contributed by atoms with Crippen LogP contribution in [-0.2, 0) is 16.0 Å². The highest BCUT2D eigenvalue weighted by molar-refractivity contribution is 5.99. The average Bonchev–Trinajstić information content (AvgIpc) is 2.91. The zero-order chi connectivity index (χ0) is 17.0. The van der Waals surface area contributed by atoms with Crippen LogP contribution in [0, 0.1) is 0 Å². The number of para-hydroxylation sites is 1. The van der Waals surface area contributed by atoms with Crippen molar-refractivity contribution in [1.82, 2.24) is 15.2 Å². The fourth-order valence-corrected chi connectivity index (χ4v) is 3.90. The van der Waals surface area contributed by atoms with Crippen LogP contribution in [0.3, 0.4) is 0 Å². The molecule has 0 radical (unpaired) electrons. The molecule has 2 amide bonds. The standard InChI is InChI=1S/C19H21N3O2/c1-10(2)8-15-17-13(12-6-4-5-7-14(12)21-17)9-16-18(23)20-11(3)19(24)22(15)16/h4-8,11,15-16,21H,9H2,1-3H3,(H,20,23)/t11-,15+,16+/m1/s1. The molecule has 0 bridgehead atoms. The van der Waals surface area contributed by atoms with Crippen LogP contribution in [0.15, 0.2) is 35.9 Å². The molecule has 3 atom stereocenters. The van der Waals surface area contributed by atoms with Gasteiger partial charge in [0.15, 0.2) is 0 Å². The minimum Gasteiger partial charge on any atom is -0.356 e. The number of hydrogen-bond acceptors (Lipinski definition) is 2. The van der Waals surface area contributed by atoms with Gasteiger partial charge in [-0.25, -0.2) is 0 Å². The molecule has 5 heteroatoms. The number of amides is 2. The molecule has 2 aliphatic heterocycles. The summed E-state index contributed by atoms with van der Waals surface area (Å²) in [6.45, 7) is 5.78. The van der Waals surface area contributed by atoms with E-state index in [0.29, 0.717) is 6.42 Å². The molecule has 0 unspecified atom stereocenters. The fourth-order valence-electron chi connectivity index (χ4n) is 3.90. The van der Waals surface area contributed by atoms with Crippen molar-refractivity contribution in [1.29, 1.82) is 0 Å². The molecule has 2 aliphatic rings. The van der Waals surface area contributed by atoms with Crippen molar-refractivity contribution in [3.63, 3.8) is 0 Å². The van der Waals surface area contributed by atoms with Crippen LogP contribution in [0.1, 0.15) is 38.1 Å². The molecule has 24 heavy (non-hydrogen) atoms. The molecule has 0 saturated carbocycles. The maximum absolute atomic E-state index is 12.8. The van der Waals surface area contributed by atoms with Crippen molar-refractivity contribution >= 4 is 22.7 Å². The summed E-state index contributed by atoms with van der Waals surface area (Å²) in [6, 6.07) is 6.97. The Balaban J connectivity index is 1.95. The first kappa shape index (κ1) is 15.0. The molecule has 1 saturated heterocycles. The van der Waals surface area contributed by atoms with E-state index in [0.717, 1.165) is 27.7 Å². The Kier molecular flexibility index (Phi) is 3.27. The van der Waals surface area contributed by atoms with E-state index in [1.807, 2.05) is 32.0 Å². The Morgan fingerprint density at radius 1 is 1.25 bits per heavy atom. The molecule has 5 nitrogen and oxygen atoms in total. The Hall–Kier alpha value is -2.56. The van der Waals surface area contributed by atoms with Crippen LogP contribution in [0.4, 0.5) is 0 Å². The number of carbonyl (C=O) groups excluding carboxylic acids is 2. The largest absolute Gasteiger partial charge is 0.356 e. The van der Waals surface area contributed by atoms with Gasteiger partial charge in [-0.2, -0.15) is 0 Å². The smallest absolute Gasteiger partial charge is 0.246 e. The molecule has 2 N–H and O–H groups in total. The van der Waals surface area contributed by atoms with Crippen molar-refractivity contribution in [2.24, 2.45) is 0 Å². The maximum Gasteiger partial charge on any atom is 0.246 e. The molecule has 2 aromatic rings. The number of hydrogen-bond donors (Lipinski definition) is 2. The van der Waals surface area contributed by atoms with Crippen molar-refractivity contribution in [3.05, 3.63) is 47.2 Å². The summed E-state index contributed by atoms with van der Waals surface area (Å²) in [4.78, 5) is 30.6. The summed E-state index contributed by atoms with van der Waals surface area (Å²) >= 11 is 0. The van der Waals surface area contributed by atoms with E-state index < -0.39 is 12.1 Å². The van der Waals surface area contributed by atoms with E-state index >= 15 is 0 Å². The summed E-state index contributed by atoms with van der Waals surface area (Å²) < 4.78 is 0. The lowest BCUT2D eigenvalue weighted by atomic mass is 9.88. The number of piperazine rings is 1. The van der Waals surface area contributed by atoms with Gasteiger partial charge < -0.3 is 15.2 Å². The average molecular weight is 323 g/mol. The fraction of sp³-hybridized carbons (Fsp3) is 0.368. The number of H-pyrrole nitrogens is 1. The summed E-state index contributed by atoms with van der Waals surface area (Å²) in [5.41, 5.74) is 4.35. The second-order valence-electron chi connectivity index (χ2n) is 6.95. The van der Waals surface area contributed by atoms with Gasteiger partial charge in [0, 0.05) is 23.0 Å². The van der Waals surface area contributed by atoms with Crippen molar-refractivity contribution in [2.45, 2.75) is 45.3 Å². The molecule has 0 spiro atoms. The number of allylic oxidation sites excluding steroid dienone is 1. The predicted octanol–water partition coefficient (Wildman–Crippen LogP) is 2.45. The van der Waals surface area contributed by atoms with Crippen LogP contribution in [0.25, 0.3) is 10.9 Å².